The van der Waals surface area contributed by atoms with Crippen molar-refractivity contribution in [2.24, 2.45) is 0 Å². The molecule has 0 atom stereocenters. The van der Waals surface area contributed by atoms with E-state index in [4.69, 9.17) is 4.74 Å². The Labute approximate surface area is 150 Å². The second-order valence-electron chi connectivity index (χ2n) is 5.31. The zero-order chi connectivity index (χ0) is 16.8. The van der Waals surface area contributed by atoms with E-state index in [2.05, 4.69) is 47.6 Å². The van der Waals surface area contributed by atoms with E-state index in [1.807, 2.05) is 30.3 Å². The van der Waals surface area contributed by atoms with Crippen LogP contribution in [0.2, 0.25) is 0 Å². The van der Waals surface area contributed by atoms with E-state index in [-0.39, 0.29) is 0 Å². The summed E-state index contributed by atoms with van der Waals surface area (Å²) in [6.45, 7) is 4.86. The molecule has 1 heterocycles. The first-order valence-corrected chi connectivity index (χ1v) is 9.49. The van der Waals surface area contributed by atoms with E-state index >= 15 is 0 Å². The van der Waals surface area contributed by atoms with Gasteiger partial charge in [-0.25, -0.2) is 0 Å². The van der Waals surface area contributed by atoms with Crippen molar-refractivity contribution in [3.63, 3.8) is 0 Å². The van der Waals surface area contributed by atoms with E-state index in [0.717, 1.165) is 26.7 Å². The first-order valence-electron chi connectivity index (χ1n) is 7.69. The van der Waals surface area contributed by atoms with Gasteiger partial charge in [0.1, 0.15) is 5.75 Å². The Kier molecular flexibility index (Phi) is 5.72. The summed E-state index contributed by atoms with van der Waals surface area (Å²) < 4.78 is 6.62. The maximum absolute atomic E-state index is 5.67. The van der Waals surface area contributed by atoms with Crippen LogP contribution in [0.25, 0.3) is 0 Å². The number of para-hydroxylation sites is 1. The number of rotatable bonds is 7. The predicted molar refractivity (Wildman–Crippen MR) is 102 cm³/mol. The Morgan fingerprint density at radius 3 is 2.67 bits per heavy atom. The molecular weight excluding hydrogens is 338 g/mol. The number of hydrogen-bond donors (Lipinski definition) is 1. The van der Waals surface area contributed by atoms with Crippen molar-refractivity contribution in [2.75, 3.05) is 17.7 Å². The highest BCUT2D eigenvalue weighted by atomic mass is 32.2. The number of aryl methyl sites for hydroxylation is 2. The van der Waals surface area contributed by atoms with Crippen molar-refractivity contribution in [2.45, 2.75) is 18.2 Å². The molecule has 3 rings (SSSR count). The van der Waals surface area contributed by atoms with E-state index < -0.39 is 0 Å². The Bertz CT molecular complexity index is 790. The molecule has 0 bridgehead atoms. The second-order valence-corrected chi connectivity index (χ2v) is 7.63. The van der Waals surface area contributed by atoms with Crippen molar-refractivity contribution in [3.05, 3.63) is 59.7 Å². The molecule has 3 aromatic rings. The number of hydrogen-bond acceptors (Lipinski definition) is 6. The zero-order valence-corrected chi connectivity index (χ0v) is 15.3. The number of anilines is 2. The molecule has 6 heteroatoms. The van der Waals surface area contributed by atoms with Crippen LogP contribution >= 0.6 is 23.1 Å². The molecule has 0 fully saturated rings. The third-order valence-electron chi connectivity index (χ3n) is 3.49. The number of aromatic nitrogens is 2. The van der Waals surface area contributed by atoms with Gasteiger partial charge in [0.2, 0.25) is 5.13 Å². The monoisotopic (exact) mass is 357 g/mol. The summed E-state index contributed by atoms with van der Waals surface area (Å²) in [7, 11) is 0. The van der Waals surface area contributed by atoms with Gasteiger partial charge in [-0.1, -0.05) is 47.4 Å². The molecule has 0 saturated carbocycles. The number of nitrogens with zero attached hydrogens (tertiary/aromatic N) is 2. The number of benzene rings is 2. The van der Waals surface area contributed by atoms with Gasteiger partial charge >= 0.3 is 0 Å². The second kappa shape index (κ2) is 8.17. The van der Waals surface area contributed by atoms with Crippen LogP contribution in [0.3, 0.4) is 0 Å². The molecule has 1 aromatic heterocycles. The van der Waals surface area contributed by atoms with Crippen LogP contribution in [-0.4, -0.2) is 22.6 Å². The summed E-state index contributed by atoms with van der Waals surface area (Å²) in [5.74, 6) is 1.74. The van der Waals surface area contributed by atoms with Crippen molar-refractivity contribution in [3.8, 4) is 5.75 Å². The fraction of sp³-hybridized carbons (Fsp3) is 0.222. The smallest absolute Gasteiger partial charge is 0.210 e. The minimum Gasteiger partial charge on any atom is -0.493 e. The Balaban J connectivity index is 1.47. The Morgan fingerprint density at radius 2 is 1.88 bits per heavy atom. The van der Waals surface area contributed by atoms with Crippen molar-refractivity contribution in [1.29, 1.82) is 0 Å². The Morgan fingerprint density at radius 1 is 1.04 bits per heavy atom. The SMILES string of the molecule is Cc1ccc(Nc2nnc(SCCOc3ccccc3)s2)cc1C. The van der Waals surface area contributed by atoms with E-state index in [0.29, 0.717) is 6.61 Å². The predicted octanol–water partition coefficient (Wildman–Crippen LogP) is 5.07. The van der Waals surface area contributed by atoms with Crippen molar-refractivity contribution >= 4 is 33.9 Å². The molecule has 124 valence electrons. The van der Waals surface area contributed by atoms with Crippen LogP contribution in [0.15, 0.2) is 52.9 Å². The van der Waals surface area contributed by atoms with Gasteiger partial charge in [0.25, 0.3) is 0 Å². The minimum atomic E-state index is 0.647. The van der Waals surface area contributed by atoms with E-state index in [9.17, 15) is 0 Å². The molecule has 4 nitrogen and oxygen atoms in total. The van der Waals surface area contributed by atoms with Gasteiger partial charge in [-0.3, -0.25) is 0 Å². The first kappa shape index (κ1) is 16.8. The lowest BCUT2D eigenvalue weighted by atomic mass is 10.1. The normalized spacial score (nSPS) is 10.6. The maximum Gasteiger partial charge on any atom is 0.210 e. The lowest BCUT2D eigenvalue weighted by Crippen LogP contribution is -1.99. The zero-order valence-electron chi connectivity index (χ0n) is 13.7. The van der Waals surface area contributed by atoms with Gasteiger partial charge in [-0.2, -0.15) is 0 Å². The molecule has 1 N–H and O–H groups in total. The molecule has 0 aliphatic heterocycles. The summed E-state index contributed by atoms with van der Waals surface area (Å²) in [5, 5.41) is 12.5. The molecule has 0 spiro atoms. The average Bonchev–Trinajstić information content (AvgIpc) is 3.03. The van der Waals surface area contributed by atoms with Gasteiger partial charge in [0.15, 0.2) is 4.34 Å². The molecule has 0 aliphatic rings. The third kappa shape index (κ3) is 4.72. The van der Waals surface area contributed by atoms with Gasteiger partial charge in [0.05, 0.1) is 6.61 Å². The minimum absolute atomic E-state index is 0.647. The Hall–Kier alpha value is -2.05. The van der Waals surface area contributed by atoms with Crippen LogP contribution in [0.1, 0.15) is 11.1 Å². The highest BCUT2D eigenvalue weighted by molar-refractivity contribution is 8.01. The van der Waals surface area contributed by atoms with Gasteiger partial charge < -0.3 is 10.1 Å². The number of thioether (sulfide) groups is 1. The van der Waals surface area contributed by atoms with Gasteiger partial charge in [-0.15, -0.1) is 10.2 Å². The summed E-state index contributed by atoms with van der Waals surface area (Å²) in [6, 6.07) is 16.1. The molecule has 0 amide bonds. The topological polar surface area (TPSA) is 47.0 Å². The van der Waals surface area contributed by atoms with Crippen molar-refractivity contribution in [1.82, 2.24) is 10.2 Å². The summed E-state index contributed by atoms with van der Waals surface area (Å²) >= 11 is 3.21. The molecule has 24 heavy (non-hydrogen) atoms. The lowest BCUT2D eigenvalue weighted by molar-refractivity contribution is 0.344. The lowest BCUT2D eigenvalue weighted by Gasteiger charge is -2.05. The fourth-order valence-corrected chi connectivity index (χ4v) is 3.73. The summed E-state index contributed by atoms with van der Waals surface area (Å²) in [4.78, 5) is 0. The van der Waals surface area contributed by atoms with Crippen LogP contribution in [0.5, 0.6) is 5.75 Å². The van der Waals surface area contributed by atoms with Gasteiger partial charge in [-0.05, 0) is 49.2 Å². The largest absolute Gasteiger partial charge is 0.493 e. The van der Waals surface area contributed by atoms with Crippen LogP contribution in [0, 0.1) is 13.8 Å². The molecule has 0 unspecified atom stereocenters. The molecule has 2 aromatic carbocycles. The highest BCUT2D eigenvalue weighted by Crippen LogP contribution is 2.28. The molecule has 0 saturated heterocycles. The van der Waals surface area contributed by atoms with Gasteiger partial charge in [0, 0.05) is 11.4 Å². The van der Waals surface area contributed by atoms with Crippen molar-refractivity contribution < 1.29 is 4.74 Å². The third-order valence-corrected chi connectivity index (χ3v) is 5.42. The molecule has 0 aliphatic carbocycles. The summed E-state index contributed by atoms with van der Waals surface area (Å²) in [5.41, 5.74) is 3.59. The standard InChI is InChI=1S/C18H19N3OS2/c1-13-8-9-15(12-14(13)2)19-17-20-21-18(24-17)23-11-10-22-16-6-4-3-5-7-16/h3-9,12H,10-11H2,1-2H3,(H,19,20). The average molecular weight is 358 g/mol. The van der Waals surface area contributed by atoms with Crippen LogP contribution in [-0.2, 0) is 0 Å². The van der Waals surface area contributed by atoms with Crippen LogP contribution in [0.4, 0.5) is 10.8 Å². The van der Waals surface area contributed by atoms with E-state index in [1.54, 1.807) is 23.1 Å². The first-order chi connectivity index (χ1) is 11.7. The highest BCUT2D eigenvalue weighted by Gasteiger charge is 2.06. The quantitative estimate of drug-likeness (QED) is 0.472. The maximum atomic E-state index is 5.67. The number of ether oxygens (including phenoxy) is 1. The van der Waals surface area contributed by atoms with Crippen LogP contribution < -0.4 is 10.1 Å². The summed E-state index contributed by atoms with van der Waals surface area (Å²) in [6.07, 6.45) is 0. The molecule has 0 radical (unpaired) electrons. The number of nitrogens with one attached hydrogen (secondary N) is 1. The van der Waals surface area contributed by atoms with E-state index in [1.165, 1.54) is 11.1 Å². The fourth-order valence-electron chi connectivity index (χ4n) is 2.07. The molecular formula is C18H19N3OS2.